The molecule has 2 aliphatic heterocycles. The van der Waals surface area contributed by atoms with E-state index in [9.17, 15) is 4.79 Å². The van der Waals surface area contributed by atoms with Crippen LogP contribution < -0.4 is 0 Å². The van der Waals surface area contributed by atoms with Gasteiger partial charge in [0, 0.05) is 51.4 Å². The van der Waals surface area contributed by atoms with Crippen LogP contribution in [0, 0.1) is 0 Å². The van der Waals surface area contributed by atoms with Gasteiger partial charge in [0.15, 0.2) is 0 Å². The van der Waals surface area contributed by atoms with Crippen molar-refractivity contribution < 1.29 is 9.53 Å². The molecular weight excluding hydrogens is 340 g/mol. The number of morpholine rings is 1. The highest BCUT2D eigenvalue weighted by Gasteiger charge is 2.37. The second-order valence-corrected chi connectivity index (χ2v) is 7.34. The van der Waals surface area contributed by atoms with E-state index in [0.29, 0.717) is 25.6 Å². The summed E-state index contributed by atoms with van der Waals surface area (Å²) in [5.41, 5.74) is 1.30. The van der Waals surface area contributed by atoms with E-state index < -0.39 is 0 Å². The molecular formula is C21H28N4O2. The third-order valence-electron chi connectivity index (χ3n) is 5.74. The largest absolute Gasteiger partial charge is 0.378 e. The topological polar surface area (TPSA) is 50.6 Å². The molecule has 1 amide bonds. The Bertz CT molecular complexity index is 761. The van der Waals surface area contributed by atoms with Crippen LogP contribution in [-0.2, 0) is 22.5 Å². The molecule has 0 bridgehead atoms. The summed E-state index contributed by atoms with van der Waals surface area (Å²) < 4.78 is 7.98. The minimum atomic E-state index is 0.229. The first-order valence-corrected chi connectivity index (χ1v) is 9.92. The smallest absolute Gasteiger partial charge is 0.224 e. The third-order valence-corrected chi connectivity index (χ3v) is 5.74. The van der Waals surface area contributed by atoms with Crippen LogP contribution in [0.4, 0.5) is 0 Å². The van der Waals surface area contributed by atoms with E-state index in [1.165, 1.54) is 5.56 Å². The molecule has 1 aromatic carbocycles. The highest BCUT2D eigenvalue weighted by atomic mass is 16.5. The van der Waals surface area contributed by atoms with Crippen LogP contribution in [0.3, 0.4) is 0 Å². The van der Waals surface area contributed by atoms with Gasteiger partial charge in [-0.25, -0.2) is 4.98 Å². The molecule has 4 rings (SSSR count). The maximum Gasteiger partial charge on any atom is 0.224 e. The molecule has 2 fully saturated rings. The predicted molar refractivity (Wildman–Crippen MR) is 103 cm³/mol. The van der Waals surface area contributed by atoms with Gasteiger partial charge in [0.25, 0.3) is 0 Å². The van der Waals surface area contributed by atoms with E-state index in [1.807, 2.05) is 23.4 Å². The summed E-state index contributed by atoms with van der Waals surface area (Å²) in [4.78, 5) is 21.6. The molecule has 0 radical (unpaired) electrons. The standard InChI is InChI=1S/C21H28N4O2/c1-2-20-22-9-11-23(20)10-8-21(26)24-12-13-25-18(14-24)15-27-16-19(25)17-6-4-3-5-7-17/h3-7,9,11,18-19H,2,8,10,12-16H2,1H3. The zero-order chi connectivity index (χ0) is 18.6. The molecule has 0 aliphatic carbocycles. The maximum absolute atomic E-state index is 12.8. The predicted octanol–water partition coefficient (Wildman–Crippen LogP) is 2.12. The molecule has 2 unspecified atom stereocenters. The lowest BCUT2D eigenvalue weighted by atomic mass is 10.00. The zero-order valence-corrected chi connectivity index (χ0v) is 16.0. The van der Waals surface area contributed by atoms with Crippen molar-refractivity contribution in [2.45, 2.75) is 38.4 Å². The summed E-state index contributed by atoms with van der Waals surface area (Å²) in [6.07, 6.45) is 5.19. The van der Waals surface area contributed by atoms with Crippen molar-refractivity contribution in [3.05, 3.63) is 54.1 Å². The van der Waals surface area contributed by atoms with Gasteiger partial charge in [-0.2, -0.15) is 0 Å². The van der Waals surface area contributed by atoms with Crippen molar-refractivity contribution in [1.82, 2.24) is 19.4 Å². The molecule has 2 aliphatic rings. The van der Waals surface area contributed by atoms with Gasteiger partial charge in [-0.05, 0) is 5.56 Å². The van der Waals surface area contributed by atoms with Crippen LogP contribution >= 0.6 is 0 Å². The first-order chi connectivity index (χ1) is 13.3. The van der Waals surface area contributed by atoms with Gasteiger partial charge >= 0.3 is 0 Å². The number of imidazole rings is 1. The lowest BCUT2D eigenvalue weighted by molar-refractivity contribution is -0.140. The SMILES string of the molecule is CCc1nccn1CCC(=O)N1CCN2C(COCC2c2ccccc2)C1. The number of aryl methyl sites for hydroxylation is 2. The van der Waals surface area contributed by atoms with Crippen molar-refractivity contribution in [3.8, 4) is 0 Å². The Balaban J connectivity index is 1.36. The summed E-state index contributed by atoms with van der Waals surface area (Å²) in [7, 11) is 0. The van der Waals surface area contributed by atoms with Crippen molar-refractivity contribution >= 4 is 5.91 Å². The maximum atomic E-state index is 12.8. The Morgan fingerprint density at radius 1 is 1.22 bits per heavy atom. The van der Waals surface area contributed by atoms with Crippen LogP contribution in [0.1, 0.15) is 30.8 Å². The molecule has 0 N–H and O–H groups in total. The van der Waals surface area contributed by atoms with Crippen LogP contribution in [0.15, 0.2) is 42.7 Å². The number of benzene rings is 1. The van der Waals surface area contributed by atoms with Crippen LogP contribution in [0.25, 0.3) is 0 Å². The molecule has 0 saturated carbocycles. The number of ether oxygens (including phenoxy) is 1. The summed E-state index contributed by atoms with van der Waals surface area (Å²) in [5.74, 6) is 1.27. The average Bonchev–Trinajstić information content (AvgIpc) is 3.19. The van der Waals surface area contributed by atoms with Crippen molar-refractivity contribution in [3.63, 3.8) is 0 Å². The summed E-state index contributed by atoms with van der Waals surface area (Å²) in [6, 6.07) is 11.1. The normalized spacial score (nSPS) is 23.2. The van der Waals surface area contributed by atoms with E-state index in [0.717, 1.165) is 38.5 Å². The van der Waals surface area contributed by atoms with E-state index >= 15 is 0 Å². The fourth-order valence-corrected chi connectivity index (χ4v) is 4.26. The number of carbonyl (C=O) groups excluding carboxylic acids is 1. The van der Waals surface area contributed by atoms with E-state index in [4.69, 9.17) is 4.74 Å². The Morgan fingerprint density at radius 2 is 2.07 bits per heavy atom. The van der Waals surface area contributed by atoms with E-state index in [1.54, 1.807) is 0 Å². The first kappa shape index (κ1) is 18.2. The Hall–Kier alpha value is -2.18. The zero-order valence-electron chi connectivity index (χ0n) is 16.0. The number of fused-ring (bicyclic) bond motifs is 1. The number of hydrogen-bond donors (Lipinski definition) is 0. The second kappa shape index (κ2) is 8.23. The summed E-state index contributed by atoms with van der Waals surface area (Å²) in [5, 5.41) is 0. The van der Waals surface area contributed by atoms with Gasteiger partial charge < -0.3 is 14.2 Å². The molecule has 0 spiro atoms. The minimum Gasteiger partial charge on any atom is -0.378 e. The fourth-order valence-electron chi connectivity index (χ4n) is 4.26. The van der Waals surface area contributed by atoms with Crippen molar-refractivity contribution in [1.29, 1.82) is 0 Å². The summed E-state index contributed by atoms with van der Waals surface area (Å²) >= 11 is 0. The molecule has 2 atom stereocenters. The van der Waals surface area contributed by atoms with Gasteiger partial charge in [0.2, 0.25) is 5.91 Å². The molecule has 144 valence electrons. The second-order valence-electron chi connectivity index (χ2n) is 7.34. The average molecular weight is 368 g/mol. The quantitative estimate of drug-likeness (QED) is 0.811. The highest BCUT2D eigenvalue weighted by molar-refractivity contribution is 5.76. The minimum absolute atomic E-state index is 0.229. The first-order valence-electron chi connectivity index (χ1n) is 9.92. The number of amides is 1. The molecule has 6 nitrogen and oxygen atoms in total. The lowest BCUT2D eigenvalue weighted by Crippen LogP contribution is -2.60. The van der Waals surface area contributed by atoms with Gasteiger partial charge in [0.05, 0.1) is 25.3 Å². The van der Waals surface area contributed by atoms with Gasteiger partial charge in [0.1, 0.15) is 5.82 Å². The highest BCUT2D eigenvalue weighted by Crippen LogP contribution is 2.29. The van der Waals surface area contributed by atoms with Crippen LogP contribution in [0.5, 0.6) is 0 Å². The number of carbonyl (C=O) groups is 1. The van der Waals surface area contributed by atoms with Gasteiger partial charge in [-0.3, -0.25) is 9.69 Å². The molecule has 3 heterocycles. The Labute approximate surface area is 160 Å². The van der Waals surface area contributed by atoms with Crippen molar-refractivity contribution in [2.75, 3.05) is 32.8 Å². The number of hydrogen-bond acceptors (Lipinski definition) is 4. The van der Waals surface area contributed by atoms with Gasteiger partial charge in [-0.15, -0.1) is 0 Å². The van der Waals surface area contributed by atoms with E-state index in [-0.39, 0.29) is 11.9 Å². The molecule has 27 heavy (non-hydrogen) atoms. The molecule has 6 heteroatoms. The van der Waals surface area contributed by atoms with Crippen LogP contribution in [-0.4, -0.2) is 64.1 Å². The third kappa shape index (κ3) is 3.92. The van der Waals surface area contributed by atoms with Crippen molar-refractivity contribution in [2.24, 2.45) is 0 Å². The monoisotopic (exact) mass is 368 g/mol. The lowest BCUT2D eigenvalue weighted by Gasteiger charge is -2.48. The Kier molecular flexibility index (Phi) is 5.55. The molecule has 2 saturated heterocycles. The van der Waals surface area contributed by atoms with E-state index in [2.05, 4.69) is 45.6 Å². The number of aromatic nitrogens is 2. The van der Waals surface area contributed by atoms with Gasteiger partial charge in [-0.1, -0.05) is 37.3 Å². The molecule has 2 aromatic rings. The molecule has 1 aromatic heterocycles. The fraction of sp³-hybridized carbons (Fsp3) is 0.524. The number of rotatable bonds is 5. The number of nitrogens with zero attached hydrogens (tertiary/aromatic N) is 4. The Morgan fingerprint density at radius 3 is 2.89 bits per heavy atom. The summed E-state index contributed by atoms with van der Waals surface area (Å²) in [6.45, 7) is 6.69. The van der Waals surface area contributed by atoms with Crippen LogP contribution in [0.2, 0.25) is 0 Å². The number of piperazine rings is 1.